The van der Waals surface area contributed by atoms with E-state index in [0.717, 1.165) is 29.4 Å². The highest BCUT2D eigenvalue weighted by atomic mass is 16.5. The standard InChI is InChI=1S/C23H25N3O5/c1-15(27)24-18-7-9-26(10-8-18)23(28)21-13-31-22(25-21)14-30-20-6-4-16-3-5-19(29-2)11-17(16)12-20/h3-6,11-13,18H,7-10,14H2,1-2H3,(H,24,27). The molecule has 0 spiro atoms. The van der Waals surface area contributed by atoms with Gasteiger partial charge in [0.25, 0.3) is 5.91 Å². The molecule has 162 valence electrons. The number of amides is 2. The maximum atomic E-state index is 12.7. The minimum atomic E-state index is -0.172. The van der Waals surface area contributed by atoms with E-state index in [0.29, 0.717) is 24.7 Å². The van der Waals surface area contributed by atoms with Crippen molar-refractivity contribution in [3.05, 3.63) is 54.2 Å². The van der Waals surface area contributed by atoms with Crippen molar-refractivity contribution >= 4 is 22.6 Å². The third-order valence-corrected chi connectivity index (χ3v) is 5.34. The van der Waals surface area contributed by atoms with Crippen LogP contribution in [0.15, 0.2) is 47.1 Å². The summed E-state index contributed by atoms with van der Waals surface area (Å²) in [4.78, 5) is 29.9. The Kier molecular flexibility index (Phi) is 6.06. The van der Waals surface area contributed by atoms with Crippen LogP contribution < -0.4 is 14.8 Å². The zero-order valence-electron chi connectivity index (χ0n) is 17.6. The number of aromatic nitrogens is 1. The summed E-state index contributed by atoms with van der Waals surface area (Å²) in [6.07, 6.45) is 2.82. The lowest BCUT2D eigenvalue weighted by atomic mass is 10.0. The lowest BCUT2D eigenvalue weighted by Gasteiger charge is -2.31. The average Bonchev–Trinajstić information content (AvgIpc) is 3.26. The van der Waals surface area contributed by atoms with Crippen LogP contribution in [0.3, 0.4) is 0 Å². The Labute approximate surface area is 180 Å². The zero-order valence-corrected chi connectivity index (χ0v) is 17.6. The number of oxazole rings is 1. The molecule has 0 unspecified atom stereocenters. The van der Waals surface area contributed by atoms with E-state index in [2.05, 4.69) is 10.3 Å². The highest BCUT2D eigenvalue weighted by Crippen LogP contribution is 2.25. The van der Waals surface area contributed by atoms with Crippen LogP contribution in [0.4, 0.5) is 0 Å². The monoisotopic (exact) mass is 423 g/mol. The van der Waals surface area contributed by atoms with Crippen LogP contribution in [-0.4, -0.2) is 47.9 Å². The molecule has 8 heteroatoms. The number of carbonyl (C=O) groups excluding carboxylic acids is 2. The molecule has 0 aliphatic carbocycles. The van der Waals surface area contributed by atoms with Crippen molar-refractivity contribution in [2.45, 2.75) is 32.4 Å². The molecule has 1 aromatic heterocycles. The Hall–Kier alpha value is -3.55. The predicted octanol–water partition coefficient (Wildman–Crippen LogP) is 3.16. The van der Waals surface area contributed by atoms with E-state index >= 15 is 0 Å². The van der Waals surface area contributed by atoms with Gasteiger partial charge in [-0.25, -0.2) is 4.98 Å². The Morgan fingerprint density at radius 3 is 2.55 bits per heavy atom. The summed E-state index contributed by atoms with van der Waals surface area (Å²) in [7, 11) is 1.63. The van der Waals surface area contributed by atoms with Gasteiger partial charge in [0.1, 0.15) is 17.8 Å². The Morgan fingerprint density at radius 2 is 1.84 bits per heavy atom. The van der Waals surface area contributed by atoms with Gasteiger partial charge in [0.15, 0.2) is 12.3 Å². The number of hydrogen-bond donors (Lipinski definition) is 1. The number of fused-ring (bicyclic) bond motifs is 1. The number of hydrogen-bond acceptors (Lipinski definition) is 6. The van der Waals surface area contributed by atoms with E-state index in [9.17, 15) is 9.59 Å². The molecular weight excluding hydrogens is 398 g/mol. The maximum Gasteiger partial charge on any atom is 0.275 e. The van der Waals surface area contributed by atoms with E-state index < -0.39 is 0 Å². The van der Waals surface area contributed by atoms with Crippen LogP contribution in [0.2, 0.25) is 0 Å². The third-order valence-electron chi connectivity index (χ3n) is 5.34. The topological polar surface area (TPSA) is 93.9 Å². The summed E-state index contributed by atoms with van der Waals surface area (Å²) in [6.45, 7) is 2.77. The number of nitrogens with zero attached hydrogens (tertiary/aromatic N) is 2. The molecule has 1 N–H and O–H groups in total. The van der Waals surface area contributed by atoms with Gasteiger partial charge in [-0.15, -0.1) is 0 Å². The van der Waals surface area contributed by atoms with E-state index in [4.69, 9.17) is 13.9 Å². The molecule has 1 saturated heterocycles. The van der Waals surface area contributed by atoms with Crippen molar-refractivity contribution in [3.63, 3.8) is 0 Å². The summed E-state index contributed by atoms with van der Waals surface area (Å²) >= 11 is 0. The molecule has 2 aromatic carbocycles. The summed E-state index contributed by atoms with van der Waals surface area (Å²) in [5.74, 6) is 1.57. The molecule has 0 bridgehead atoms. The maximum absolute atomic E-state index is 12.7. The Morgan fingerprint density at radius 1 is 1.13 bits per heavy atom. The van der Waals surface area contributed by atoms with Crippen molar-refractivity contribution in [1.29, 1.82) is 0 Å². The van der Waals surface area contributed by atoms with E-state index in [1.165, 1.54) is 13.2 Å². The minimum absolute atomic E-state index is 0.0449. The van der Waals surface area contributed by atoms with Crippen molar-refractivity contribution in [3.8, 4) is 11.5 Å². The van der Waals surface area contributed by atoms with Gasteiger partial charge in [-0.3, -0.25) is 9.59 Å². The Balaban J connectivity index is 1.34. The molecular formula is C23H25N3O5. The fourth-order valence-corrected chi connectivity index (χ4v) is 3.72. The second kappa shape index (κ2) is 9.07. The molecule has 4 rings (SSSR count). The van der Waals surface area contributed by atoms with Crippen molar-refractivity contribution in [2.75, 3.05) is 20.2 Å². The van der Waals surface area contributed by atoms with Crippen molar-refractivity contribution < 1.29 is 23.5 Å². The highest BCUT2D eigenvalue weighted by Gasteiger charge is 2.26. The number of benzene rings is 2. The molecule has 1 aliphatic heterocycles. The summed E-state index contributed by atoms with van der Waals surface area (Å²) in [6, 6.07) is 11.7. The average molecular weight is 423 g/mol. The van der Waals surface area contributed by atoms with Crippen molar-refractivity contribution in [2.24, 2.45) is 0 Å². The van der Waals surface area contributed by atoms with E-state index in [-0.39, 0.29) is 30.2 Å². The van der Waals surface area contributed by atoms with Gasteiger partial charge in [0.05, 0.1) is 7.11 Å². The molecule has 1 fully saturated rings. The summed E-state index contributed by atoms with van der Waals surface area (Å²) < 4.78 is 16.5. The van der Waals surface area contributed by atoms with Crippen LogP contribution in [0.5, 0.6) is 11.5 Å². The molecule has 2 amide bonds. The highest BCUT2D eigenvalue weighted by molar-refractivity contribution is 5.92. The number of nitrogens with one attached hydrogen (secondary N) is 1. The predicted molar refractivity (Wildman–Crippen MR) is 114 cm³/mol. The number of carbonyl (C=O) groups is 2. The lowest BCUT2D eigenvalue weighted by molar-refractivity contribution is -0.119. The third kappa shape index (κ3) is 4.96. The fraction of sp³-hybridized carbons (Fsp3) is 0.348. The second-order valence-corrected chi connectivity index (χ2v) is 7.56. The number of methoxy groups -OCH3 is 1. The van der Waals surface area contributed by atoms with Gasteiger partial charge < -0.3 is 24.1 Å². The van der Waals surface area contributed by atoms with E-state index in [1.54, 1.807) is 12.0 Å². The van der Waals surface area contributed by atoms with Crippen LogP contribution in [0.1, 0.15) is 36.1 Å². The zero-order chi connectivity index (χ0) is 21.8. The molecule has 31 heavy (non-hydrogen) atoms. The van der Waals surface area contributed by atoms with Gasteiger partial charge >= 0.3 is 0 Å². The SMILES string of the molecule is COc1ccc2ccc(OCc3nc(C(=O)N4CCC(NC(C)=O)CC4)co3)cc2c1. The van der Waals surface area contributed by atoms with Crippen LogP contribution in [-0.2, 0) is 11.4 Å². The molecule has 0 radical (unpaired) electrons. The van der Waals surface area contributed by atoms with Gasteiger partial charge in [-0.2, -0.15) is 0 Å². The van der Waals surface area contributed by atoms with E-state index in [1.807, 2.05) is 36.4 Å². The second-order valence-electron chi connectivity index (χ2n) is 7.56. The van der Waals surface area contributed by atoms with Crippen LogP contribution >= 0.6 is 0 Å². The first-order chi connectivity index (χ1) is 15.0. The van der Waals surface area contributed by atoms with Gasteiger partial charge in [-0.05, 0) is 47.9 Å². The normalized spacial score (nSPS) is 14.5. The first-order valence-electron chi connectivity index (χ1n) is 10.2. The quantitative estimate of drug-likeness (QED) is 0.655. The number of piperidine rings is 1. The Bertz CT molecular complexity index is 1090. The van der Waals surface area contributed by atoms with Crippen LogP contribution in [0.25, 0.3) is 10.8 Å². The minimum Gasteiger partial charge on any atom is -0.497 e. The first kappa shape index (κ1) is 20.7. The largest absolute Gasteiger partial charge is 0.497 e. The summed E-state index contributed by atoms with van der Waals surface area (Å²) in [5, 5.41) is 4.99. The fourth-order valence-electron chi connectivity index (χ4n) is 3.72. The summed E-state index contributed by atoms with van der Waals surface area (Å²) in [5.41, 5.74) is 0.264. The molecule has 2 heterocycles. The molecule has 3 aromatic rings. The molecule has 8 nitrogen and oxygen atoms in total. The number of likely N-dealkylation sites (tertiary alicyclic amines) is 1. The van der Waals surface area contributed by atoms with Crippen molar-refractivity contribution in [1.82, 2.24) is 15.2 Å². The lowest BCUT2D eigenvalue weighted by Crippen LogP contribution is -2.46. The molecule has 0 saturated carbocycles. The van der Waals surface area contributed by atoms with Crippen LogP contribution in [0, 0.1) is 0 Å². The van der Waals surface area contributed by atoms with Gasteiger partial charge in [-0.1, -0.05) is 12.1 Å². The molecule has 1 aliphatic rings. The van der Waals surface area contributed by atoms with Gasteiger partial charge in [0, 0.05) is 26.1 Å². The molecule has 0 atom stereocenters. The number of rotatable bonds is 6. The number of ether oxygens (including phenoxy) is 2. The first-order valence-corrected chi connectivity index (χ1v) is 10.2. The smallest absolute Gasteiger partial charge is 0.275 e. The van der Waals surface area contributed by atoms with Gasteiger partial charge in [0.2, 0.25) is 11.8 Å².